The Balaban J connectivity index is 1.85. The van der Waals surface area contributed by atoms with Crippen LogP contribution in [0.4, 0.5) is 5.69 Å². The molecule has 0 aliphatic carbocycles. The molecule has 22 heavy (non-hydrogen) atoms. The quantitative estimate of drug-likeness (QED) is 0.725. The molecule has 4 nitrogen and oxygen atoms in total. The summed E-state index contributed by atoms with van der Waals surface area (Å²) in [7, 11) is 1.57. The molecule has 1 heterocycles. The fraction of sp³-hybridized carbons (Fsp3) is 0.118. The molecule has 112 valence electrons. The SMILES string of the molecule is COc1cccc2cc(C(=O)Nc3ccc(SC)cc3)oc12. The number of carbonyl (C=O) groups excluding carboxylic acids is 1. The molecule has 1 aromatic heterocycles. The van der Waals surface area contributed by atoms with Gasteiger partial charge in [0.15, 0.2) is 17.1 Å². The number of fused-ring (bicyclic) bond motifs is 1. The number of benzene rings is 2. The lowest BCUT2D eigenvalue weighted by atomic mass is 10.2. The monoisotopic (exact) mass is 313 g/mol. The highest BCUT2D eigenvalue weighted by atomic mass is 32.2. The van der Waals surface area contributed by atoms with E-state index in [2.05, 4.69) is 5.32 Å². The van der Waals surface area contributed by atoms with Crippen LogP contribution in [0, 0.1) is 0 Å². The summed E-state index contributed by atoms with van der Waals surface area (Å²) in [4.78, 5) is 13.4. The zero-order valence-corrected chi connectivity index (χ0v) is 13.1. The molecule has 0 fully saturated rings. The summed E-state index contributed by atoms with van der Waals surface area (Å²) in [5.74, 6) is 0.587. The zero-order valence-electron chi connectivity index (χ0n) is 12.3. The Labute approximate surface area is 132 Å². The van der Waals surface area contributed by atoms with Crippen LogP contribution in [0.3, 0.4) is 0 Å². The number of furan rings is 1. The molecule has 0 radical (unpaired) electrons. The Morgan fingerprint density at radius 1 is 1.18 bits per heavy atom. The number of hydrogen-bond acceptors (Lipinski definition) is 4. The molecule has 1 amide bonds. The molecule has 2 aromatic carbocycles. The second-order valence-electron chi connectivity index (χ2n) is 4.67. The topological polar surface area (TPSA) is 51.5 Å². The average Bonchev–Trinajstić information content (AvgIpc) is 2.99. The fourth-order valence-corrected chi connectivity index (χ4v) is 2.58. The second-order valence-corrected chi connectivity index (χ2v) is 5.55. The Morgan fingerprint density at radius 2 is 1.95 bits per heavy atom. The van der Waals surface area contributed by atoms with Crippen LogP contribution in [0.15, 0.2) is 57.8 Å². The molecule has 0 aliphatic rings. The van der Waals surface area contributed by atoms with Gasteiger partial charge < -0.3 is 14.5 Å². The summed E-state index contributed by atoms with van der Waals surface area (Å²) >= 11 is 1.65. The fourth-order valence-electron chi connectivity index (χ4n) is 2.18. The molecule has 0 saturated carbocycles. The van der Waals surface area contributed by atoms with Gasteiger partial charge in [-0.1, -0.05) is 12.1 Å². The van der Waals surface area contributed by atoms with Crippen LogP contribution in [0.5, 0.6) is 5.75 Å². The molecule has 0 unspecified atom stereocenters. The van der Waals surface area contributed by atoms with Crippen molar-refractivity contribution < 1.29 is 13.9 Å². The molecule has 0 spiro atoms. The number of ether oxygens (including phenoxy) is 1. The van der Waals surface area contributed by atoms with Crippen LogP contribution in [-0.4, -0.2) is 19.3 Å². The van der Waals surface area contributed by atoms with Crippen molar-refractivity contribution >= 4 is 34.3 Å². The third-order valence-electron chi connectivity index (χ3n) is 3.30. The minimum Gasteiger partial charge on any atom is -0.493 e. The minimum absolute atomic E-state index is 0.258. The van der Waals surface area contributed by atoms with Crippen LogP contribution >= 0.6 is 11.8 Å². The lowest BCUT2D eigenvalue weighted by Crippen LogP contribution is -2.10. The van der Waals surface area contributed by atoms with Crippen molar-refractivity contribution in [3.8, 4) is 5.75 Å². The maximum absolute atomic E-state index is 12.3. The standard InChI is InChI=1S/C17H15NO3S/c1-20-14-5-3-4-11-10-15(21-16(11)14)17(19)18-12-6-8-13(22-2)9-7-12/h3-10H,1-2H3,(H,18,19). The van der Waals surface area contributed by atoms with Crippen LogP contribution in [-0.2, 0) is 0 Å². The Kier molecular flexibility index (Phi) is 4.06. The molecule has 3 aromatic rings. The third kappa shape index (κ3) is 2.80. The number of rotatable bonds is 4. The molecular formula is C17H15NO3S. The van der Waals surface area contributed by atoms with E-state index in [1.165, 1.54) is 0 Å². The maximum atomic E-state index is 12.3. The number of amides is 1. The van der Waals surface area contributed by atoms with E-state index in [-0.39, 0.29) is 11.7 Å². The van der Waals surface area contributed by atoms with Gasteiger partial charge in [0.2, 0.25) is 0 Å². The van der Waals surface area contributed by atoms with Gasteiger partial charge in [-0.25, -0.2) is 0 Å². The number of methoxy groups -OCH3 is 1. The first-order chi connectivity index (χ1) is 10.7. The molecule has 3 rings (SSSR count). The number of thioether (sulfide) groups is 1. The lowest BCUT2D eigenvalue weighted by Gasteiger charge is -2.03. The summed E-state index contributed by atoms with van der Waals surface area (Å²) in [6.45, 7) is 0. The van der Waals surface area contributed by atoms with Gasteiger partial charge in [-0.3, -0.25) is 4.79 Å². The summed E-state index contributed by atoms with van der Waals surface area (Å²) in [5, 5.41) is 3.66. The van der Waals surface area contributed by atoms with E-state index < -0.39 is 0 Å². The van der Waals surface area contributed by atoms with Gasteiger partial charge in [0.1, 0.15) is 0 Å². The van der Waals surface area contributed by atoms with Gasteiger partial charge in [0, 0.05) is 16.0 Å². The van der Waals surface area contributed by atoms with Crippen molar-refractivity contribution in [2.45, 2.75) is 4.90 Å². The zero-order chi connectivity index (χ0) is 15.5. The smallest absolute Gasteiger partial charge is 0.291 e. The van der Waals surface area contributed by atoms with Crippen LogP contribution in [0.2, 0.25) is 0 Å². The van der Waals surface area contributed by atoms with E-state index >= 15 is 0 Å². The number of nitrogens with one attached hydrogen (secondary N) is 1. The van der Waals surface area contributed by atoms with E-state index in [1.807, 2.05) is 42.7 Å². The Morgan fingerprint density at radius 3 is 2.64 bits per heavy atom. The highest BCUT2D eigenvalue weighted by Crippen LogP contribution is 2.28. The van der Waals surface area contributed by atoms with E-state index in [4.69, 9.17) is 9.15 Å². The van der Waals surface area contributed by atoms with Crippen molar-refractivity contribution in [2.75, 3.05) is 18.7 Å². The minimum atomic E-state index is -0.282. The van der Waals surface area contributed by atoms with Crippen molar-refractivity contribution in [2.24, 2.45) is 0 Å². The van der Waals surface area contributed by atoms with Gasteiger partial charge in [0.05, 0.1) is 7.11 Å². The normalized spacial score (nSPS) is 10.6. The van der Waals surface area contributed by atoms with Gasteiger partial charge in [0.25, 0.3) is 5.91 Å². The lowest BCUT2D eigenvalue weighted by molar-refractivity contribution is 0.0998. The van der Waals surface area contributed by atoms with Gasteiger partial charge in [-0.05, 0) is 42.7 Å². The largest absolute Gasteiger partial charge is 0.493 e. The Bertz CT molecular complexity index is 808. The number of hydrogen-bond donors (Lipinski definition) is 1. The maximum Gasteiger partial charge on any atom is 0.291 e. The van der Waals surface area contributed by atoms with E-state index in [0.717, 1.165) is 16.0 Å². The third-order valence-corrected chi connectivity index (χ3v) is 4.04. The van der Waals surface area contributed by atoms with E-state index in [0.29, 0.717) is 11.3 Å². The van der Waals surface area contributed by atoms with Crippen molar-refractivity contribution in [1.29, 1.82) is 0 Å². The predicted octanol–water partition coefficient (Wildman–Crippen LogP) is 4.42. The van der Waals surface area contributed by atoms with Gasteiger partial charge in [-0.2, -0.15) is 0 Å². The predicted molar refractivity (Wildman–Crippen MR) is 88.9 cm³/mol. The van der Waals surface area contributed by atoms with Gasteiger partial charge >= 0.3 is 0 Å². The van der Waals surface area contributed by atoms with Crippen LogP contribution < -0.4 is 10.1 Å². The first-order valence-electron chi connectivity index (χ1n) is 6.73. The number of para-hydroxylation sites is 1. The van der Waals surface area contributed by atoms with Crippen molar-refractivity contribution in [3.05, 3.63) is 54.3 Å². The second kappa shape index (κ2) is 6.15. The highest BCUT2D eigenvalue weighted by Gasteiger charge is 2.14. The van der Waals surface area contributed by atoms with E-state index in [1.54, 1.807) is 31.0 Å². The molecule has 5 heteroatoms. The van der Waals surface area contributed by atoms with Crippen molar-refractivity contribution in [3.63, 3.8) is 0 Å². The summed E-state index contributed by atoms with van der Waals surface area (Å²) < 4.78 is 10.9. The molecule has 0 saturated heterocycles. The number of anilines is 1. The summed E-state index contributed by atoms with van der Waals surface area (Å²) in [6, 6.07) is 14.9. The van der Waals surface area contributed by atoms with Gasteiger partial charge in [-0.15, -0.1) is 11.8 Å². The van der Waals surface area contributed by atoms with Crippen LogP contribution in [0.1, 0.15) is 10.6 Å². The Hall–Kier alpha value is -2.40. The first kappa shape index (κ1) is 14.5. The van der Waals surface area contributed by atoms with E-state index in [9.17, 15) is 4.79 Å². The molecule has 0 aliphatic heterocycles. The number of carbonyl (C=O) groups is 1. The first-order valence-corrected chi connectivity index (χ1v) is 7.95. The van der Waals surface area contributed by atoms with Crippen molar-refractivity contribution in [1.82, 2.24) is 0 Å². The average molecular weight is 313 g/mol. The molecule has 1 N–H and O–H groups in total. The molecular weight excluding hydrogens is 298 g/mol. The summed E-state index contributed by atoms with van der Waals surface area (Å²) in [6.07, 6.45) is 2.01. The van der Waals surface area contributed by atoms with Crippen LogP contribution in [0.25, 0.3) is 11.0 Å². The molecule has 0 bridgehead atoms. The highest BCUT2D eigenvalue weighted by molar-refractivity contribution is 7.98. The molecule has 0 atom stereocenters. The summed E-state index contributed by atoms with van der Waals surface area (Å²) in [5.41, 5.74) is 1.31.